The van der Waals surface area contributed by atoms with Crippen molar-refractivity contribution in [3.63, 3.8) is 0 Å². The molecule has 0 bridgehead atoms. The van der Waals surface area contributed by atoms with E-state index in [4.69, 9.17) is 5.73 Å². The molecule has 3 aromatic rings. The van der Waals surface area contributed by atoms with E-state index in [9.17, 15) is 0 Å². The number of rotatable bonds is 5. The summed E-state index contributed by atoms with van der Waals surface area (Å²) in [5.41, 5.74) is 8.22. The Balaban J connectivity index is 2.00. The molecule has 0 saturated heterocycles. The molecule has 0 unspecified atom stereocenters. The van der Waals surface area contributed by atoms with E-state index in [0.717, 1.165) is 31.8 Å². The van der Waals surface area contributed by atoms with Gasteiger partial charge in [0.2, 0.25) is 0 Å². The van der Waals surface area contributed by atoms with Gasteiger partial charge in [0.1, 0.15) is 12.2 Å². The maximum atomic E-state index is 5.63. The monoisotopic (exact) mass is 269 g/mol. The first kappa shape index (κ1) is 12.9. The lowest BCUT2D eigenvalue weighted by atomic mass is 10.1. The Morgan fingerprint density at radius 2 is 2.10 bits per heavy atom. The van der Waals surface area contributed by atoms with E-state index >= 15 is 0 Å². The molecular formula is C15H19N5. The first-order valence-electron chi connectivity index (χ1n) is 6.89. The van der Waals surface area contributed by atoms with Gasteiger partial charge in [-0.15, -0.1) is 0 Å². The second-order valence-electron chi connectivity index (χ2n) is 4.99. The number of hydrogen-bond donors (Lipinski definition) is 1. The van der Waals surface area contributed by atoms with Gasteiger partial charge in [0.05, 0.1) is 6.54 Å². The van der Waals surface area contributed by atoms with Crippen molar-refractivity contribution in [1.82, 2.24) is 19.3 Å². The number of nitrogens with two attached hydrogens (primary N) is 1. The normalized spacial score (nSPS) is 11.3. The van der Waals surface area contributed by atoms with E-state index in [-0.39, 0.29) is 0 Å². The quantitative estimate of drug-likeness (QED) is 0.767. The molecular weight excluding hydrogens is 250 g/mol. The van der Waals surface area contributed by atoms with E-state index in [2.05, 4.69) is 45.1 Å². The molecule has 0 saturated carbocycles. The van der Waals surface area contributed by atoms with Crippen molar-refractivity contribution in [2.75, 3.05) is 6.54 Å². The standard InChI is InChI=1S/C15H19N5/c1-19-15(17-11-18-19)10-20-9-12(5-4-8-16)13-6-2-3-7-14(13)20/h2-3,6-7,9,11H,4-5,8,10,16H2,1H3. The number of aromatic nitrogens is 4. The predicted octanol–water partition coefficient (Wildman–Crippen LogP) is 1.71. The molecule has 2 heterocycles. The van der Waals surface area contributed by atoms with E-state index in [1.54, 1.807) is 6.33 Å². The molecule has 0 fully saturated rings. The number of benzene rings is 1. The largest absolute Gasteiger partial charge is 0.340 e. The summed E-state index contributed by atoms with van der Waals surface area (Å²) < 4.78 is 4.06. The minimum absolute atomic E-state index is 0.725. The van der Waals surface area contributed by atoms with Crippen LogP contribution in [0, 0.1) is 0 Å². The highest BCUT2D eigenvalue weighted by Gasteiger charge is 2.09. The first-order chi connectivity index (χ1) is 9.79. The Morgan fingerprint density at radius 1 is 1.25 bits per heavy atom. The summed E-state index contributed by atoms with van der Waals surface area (Å²) in [6.45, 7) is 1.46. The zero-order valence-electron chi connectivity index (χ0n) is 11.7. The molecule has 0 atom stereocenters. The van der Waals surface area contributed by atoms with Crippen molar-refractivity contribution >= 4 is 10.9 Å². The van der Waals surface area contributed by atoms with Gasteiger partial charge in [-0.1, -0.05) is 18.2 Å². The summed E-state index contributed by atoms with van der Waals surface area (Å²) in [5.74, 6) is 0.955. The smallest absolute Gasteiger partial charge is 0.146 e. The van der Waals surface area contributed by atoms with Crippen LogP contribution in [0.5, 0.6) is 0 Å². The fourth-order valence-corrected chi connectivity index (χ4v) is 2.56. The highest BCUT2D eigenvalue weighted by molar-refractivity contribution is 5.84. The van der Waals surface area contributed by atoms with Crippen LogP contribution in [-0.4, -0.2) is 25.9 Å². The zero-order valence-corrected chi connectivity index (χ0v) is 11.7. The molecule has 0 radical (unpaired) electrons. The Hall–Kier alpha value is -2.14. The van der Waals surface area contributed by atoms with E-state index < -0.39 is 0 Å². The van der Waals surface area contributed by atoms with Crippen LogP contribution in [0.2, 0.25) is 0 Å². The van der Waals surface area contributed by atoms with Gasteiger partial charge in [0.15, 0.2) is 0 Å². The molecule has 0 aliphatic heterocycles. The molecule has 0 spiro atoms. The van der Waals surface area contributed by atoms with Crippen molar-refractivity contribution in [2.24, 2.45) is 12.8 Å². The summed E-state index contributed by atoms with van der Waals surface area (Å²) in [5, 5.41) is 5.43. The summed E-state index contributed by atoms with van der Waals surface area (Å²) in [6, 6.07) is 8.48. The van der Waals surface area contributed by atoms with Crippen LogP contribution in [0.3, 0.4) is 0 Å². The SMILES string of the molecule is Cn1ncnc1Cn1cc(CCCN)c2ccccc21. The van der Waals surface area contributed by atoms with Crippen LogP contribution >= 0.6 is 0 Å². The summed E-state index contributed by atoms with van der Waals surface area (Å²) >= 11 is 0. The molecule has 5 nitrogen and oxygen atoms in total. The Labute approximate surface area is 118 Å². The summed E-state index contributed by atoms with van der Waals surface area (Å²) in [4.78, 5) is 4.30. The Bertz CT molecular complexity index is 710. The minimum Gasteiger partial charge on any atom is -0.340 e. The van der Waals surface area contributed by atoms with Crippen LogP contribution in [-0.2, 0) is 20.0 Å². The average Bonchev–Trinajstić information content (AvgIpc) is 3.02. The van der Waals surface area contributed by atoms with Crippen molar-refractivity contribution in [3.8, 4) is 0 Å². The lowest BCUT2D eigenvalue weighted by Crippen LogP contribution is -2.06. The van der Waals surface area contributed by atoms with Gasteiger partial charge in [0, 0.05) is 24.1 Å². The molecule has 2 N–H and O–H groups in total. The highest BCUT2D eigenvalue weighted by atomic mass is 15.3. The van der Waals surface area contributed by atoms with Crippen molar-refractivity contribution in [1.29, 1.82) is 0 Å². The topological polar surface area (TPSA) is 61.7 Å². The maximum absolute atomic E-state index is 5.63. The highest BCUT2D eigenvalue weighted by Crippen LogP contribution is 2.23. The third kappa shape index (κ3) is 2.32. The number of para-hydroxylation sites is 1. The van der Waals surface area contributed by atoms with Crippen molar-refractivity contribution in [2.45, 2.75) is 19.4 Å². The van der Waals surface area contributed by atoms with Crippen molar-refractivity contribution in [3.05, 3.63) is 48.2 Å². The molecule has 2 aromatic heterocycles. The maximum Gasteiger partial charge on any atom is 0.146 e. The third-order valence-corrected chi connectivity index (χ3v) is 3.64. The second-order valence-corrected chi connectivity index (χ2v) is 4.99. The minimum atomic E-state index is 0.725. The fourth-order valence-electron chi connectivity index (χ4n) is 2.56. The molecule has 0 amide bonds. The van der Waals surface area contributed by atoms with Crippen LogP contribution in [0.1, 0.15) is 17.8 Å². The number of fused-ring (bicyclic) bond motifs is 1. The van der Waals surface area contributed by atoms with Gasteiger partial charge < -0.3 is 10.3 Å². The van der Waals surface area contributed by atoms with Gasteiger partial charge in [-0.25, -0.2) is 4.98 Å². The molecule has 0 aliphatic carbocycles. The molecule has 104 valence electrons. The molecule has 20 heavy (non-hydrogen) atoms. The van der Waals surface area contributed by atoms with Crippen molar-refractivity contribution < 1.29 is 0 Å². The van der Waals surface area contributed by atoms with Crippen LogP contribution in [0.4, 0.5) is 0 Å². The fraction of sp³-hybridized carbons (Fsp3) is 0.333. The van der Waals surface area contributed by atoms with Gasteiger partial charge in [-0.05, 0) is 31.0 Å². The Morgan fingerprint density at radius 3 is 2.85 bits per heavy atom. The van der Waals surface area contributed by atoms with E-state index in [1.807, 2.05) is 11.7 Å². The second kappa shape index (κ2) is 5.46. The first-order valence-corrected chi connectivity index (χ1v) is 6.89. The number of aryl methyl sites for hydroxylation is 2. The lowest BCUT2D eigenvalue weighted by Gasteiger charge is -2.04. The molecule has 0 aliphatic rings. The van der Waals surface area contributed by atoms with E-state index in [0.29, 0.717) is 0 Å². The number of hydrogen-bond acceptors (Lipinski definition) is 3. The van der Waals surface area contributed by atoms with Gasteiger partial charge >= 0.3 is 0 Å². The van der Waals surface area contributed by atoms with E-state index in [1.165, 1.54) is 16.5 Å². The van der Waals surface area contributed by atoms with Gasteiger partial charge in [0.25, 0.3) is 0 Å². The van der Waals surface area contributed by atoms with Crippen LogP contribution < -0.4 is 5.73 Å². The van der Waals surface area contributed by atoms with Crippen LogP contribution in [0.15, 0.2) is 36.8 Å². The van der Waals surface area contributed by atoms with Crippen LogP contribution in [0.25, 0.3) is 10.9 Å². The lowest BCUT2D eigenvalue weighted by molar-refractivity contribution is 0.663. The zero-order chi connectivity index (χ0) is 13.9. The molecule has 3 rings (SSSR count). The molecule has 1 aromatic carbocycles. The van der Waals surface area contributed by atoms with Gasteiger partial charge in [-0.3, -0.25) is 4.68 Å². The predicted molar refractivity (Wildman–Crippen MR) is 79.4 cm³/mol. The average molecular weight is 269 g/mol. The number of nitrogens with zero attached hydrogens (tertiary/aromatic N) is 4. The summed E-state index contributed by atoms with van der Waals surface area (Å²) in [6.07, 6.45) is 5.84. The molecule has 5 heteroatoms. The third-order valence-electron chi connectivity index (χ3n) is 3.64. The van der Waals surface area contributed by atoms with Gasteiger partial charge in [-0.2, -0.15) is 5.10 Å². The summed E-state index contributed by atoms with van der Waals surface area (Å²) in [7, 11) is 1.92. The Kier molecular flexibility index (Phi) is 3.52.